The van der Waals surface area contributed by atoms with Crippen molar-refractivity contribution < 1.29 is 39.5 Å². The van der Waals surface area contributed by atoms with Crippen LogP contribution in [0.3, 0.4) is 0 Å². The van der Waals surface area contributed by atoms with Crippen LogP contribution in [0.1, 0.15) is 0 Å². The van der Waals surface area contributed by atoms with E-state index in [-0.39, 0.29) is 29.6 Å². The number of primary amides is 1. The molecule has 6 heavy (non-hydrogen) atoms. The van der Waals surface area contributed by atoms with Crippen LogP contribution in [0.25, 0.3) is 0 Å². The molecule has 3 nitrogen and oxygen atoms in total. The molecule has 0 unspecified atom stereocenters. The van der Waals surface area contributed by atoms with Crippen molar-refractivity contribution in [2.24, 2.45) is 5.73 Å². The van der Waals surface area contributed by atoms with Gasteiger partial charge in [-0.15, -0.1) is 0 Å². The number of rotatable bonds is 1. The Labute approximate surface area is 57.8 Å². The fourth-order valence-electron chi connectivity index (χ4n) is 0. The average Bonchev–Trinajstić information content (AvgIpc) is 1.38. The molecule has 4 heteroatoms. The summed E-state index contributed by atoms with van der Waals surface area (Å²) in [4.78, 5) is 9.28. The fourth-order valence-corrected chi connectivity index (χ4v) is 0. The SMILES string of the molecule is NC(=O)C[O-].[Na+]. The molecule has 0 fully saturated rings. The van der Waals surface area contributed by atoms with Crippen LogP contribution in [0.4, 0.5) is 0 Å². The summed E-state index contributed by atoms with van der Waals surface area (Å²) in [5.74, 6) is -0.801. The summed E-state index contributed by atoms with van der Waals surface area (Å²) in [6, 6.07) is 0. The predicted octanol–water partition coefficient (Wildman–Crippen LogP) is -5.16. The van der Waals surface area contributed by atoms with Gasteiger partial charge in [0.15, 0.2) is 0 Å². The number of hydrogen-bond donors (Lipinski definition) is 1. The van der Waals surface area contributed by atoms with Gasteiger partial charge < -0.3 is 10.8 Å². The van der Waals surface area contributed by atoms with E-state index in [9.17, 15) is 4.79 Å². The third-order valence-electron chi connectivity index (χ3n) is 0.142. The first kappa shape index (κ1) is 9.66. The van der Waals surface area contributed by atoms with Gasteiger partial charge in [-0.25, -0.2) is 0 Å². The first-order valence-electron chi connectivity index (χ1n) is 1.14. The van der Waals surface area contributed by atoms with Gasteiger partial charge in [0.2, 0.25) is 5.91 Å². The van der Waals surface area contributed by atoms with E-state index < -0.39 is 12.5 Å². The normalized spacial score (nSPS) is 6.17. The maximum absolute atomic E-state index is 9.28. The van der Waals surface area contributed by atoms with Gasteiger partial charge in [-0.3, -0.25) is 4.79 Å². The second-order valence-corrected chi connectivity index (χ2v) is 0.611. The molecule has 0 aromatic carbocycles. The molecule has 0 atom stereocenters. The Kier molecular flexibility index (Phi) is 8.74. The molecule has 0 rings (SSSR count). The zero-order chi connectivity index (χ0) is 4.28. The minimum absolute atomic E-state index is 0. The molecule has 0 spiro atoms. The summed E-state index contributed by atoms with van der Waals surface area (Å²) < 4.78 is 0. The van der Waals surface area contributed by atoms with E-state index >= 15 is 0 Å². The van der Waals surface area contributed by atoms with Crippen LogP contribution in [-0.2, 0) is 4.79 Å². The maximum atomic E-state index is 9.28. The van der Waals surface area contributed by atoms with Crippen molar-refractivity contribution >= 4 is 5.91 Å². The van der Waals surface area contributed by atoms with Crippen molar-refractivity contribution in [3.05, 3.63) is 0 Å². The number of amides is 1. The second-order valence-electron chi connectivity index (χ2n) is 0.611. The number of nitrogens with two attached hydrogens (primary N) is 1. The largest absolute Gasteiger partial charge is 1.00 e. The minimum atomic E-state index is -0.806. The Morgan fingerprint density at radius 3 is 2.00 bits per heavy atom. The molecule has 30 valence electrons. The molecule has 0 saturated carbocycles. The van der Waals surface area contributed by atoms with E-state index in [0.717, 1.165) is 0 Å². The summed E-state index contributed by atoms with van der Waals surface area (Å²) in [5, 5.41) is 9.16. The van der Waals surface area contributed by atoms with Gasteiger partial charge in [-0.05, 0) is 0 Å². The van der Waals surface area contributed by atoms with E-state index in [1.807, 2.05) is 0 Å². The monoisotopic (exact) mass is 97.0 g/mol. The van der Waals surface area contributed by atoms with Gasteiger partial charge in [0, 0.05) is 0 Å². The standard InChI is InChI=1S/C2H4NO2.Na/c3-2(5)1-4;/h1H2,(H2,3,5);/q-1;+1. The molecule has 0 saturated heterocycles. The van der Waals surface area contributed by atoms with E-state index in [2.05, 4.69) is 5.73 Å². The molecule has 0 bridgehead atoms. The summed E-state index contributed by atoms with van der Waals surface area (Å²) in [6.07, 6.45) is 0. The number of carbonyl (C=O) groups excluding carboxylic acids is 1. The predicted molar refractivity (Wildman–Crippen MR) is 14.1 cm³/mol. The van der Waals surface area contributed by atoms with Gasteiger partial charge in [0.05, 0.1) is 0 Å². The topological polar surface area (TPSA) is 66.2 Å². The van der Waals surface area contributed by atoms with Crippen LogP contribution in [0.15, 0.2) is 0 Å². The third kappa shape index (κ3) is 8.83. The molecule has 0 aromatic rings. The average molecular weight is 97.0 g/mol. The molecule has 0 radical (unpaired) electrons. The summed E-state index contributed by atoms with van der Waals surface area (Å²) >= 11 is 0. The quantitative estimate of drug-likeness (QED) is 0.332. The van der Waals surface area contributed by atoms with Crippen molar-refractivity contribution in [1.82, 2.24) is 0 Å². The summed E-state index contributed by atoms with van der Waals surface area (Å²) in [6.45, 7) is -0.806. The zero-order valence-corrected chi connectivity index (χ0v) is 5.60. The Balaban J connectivity index is 0. The summed E-state index contributed by atoms with van der Waals surface area (Å²) in [5.41, 5.74) is 4.34. The smallest absolute Gasteiger partial charge is 0.848 e. The van der Waals surface area contributed by atoms with Crippen LogP contribution < -0.4 is 40.4 Å². The molecule has 0 aliphatic carbocycles. The minimum Gasteiger partial charge on any atom is -0.848 e. The molecule has 0 aliphatic heterocycles. The third-order valence-corrected chi connectivity index (χ3v) is 0.142. The Bertz CT molecular complexity index is 46.8. The second kappa shape index (κ2) is 5.43. The van der Waals surface area contributed by atoms with Crippen molar-refractivity contribution in [1.29, 1.82) is 0 Å². The van der Waals surface area contributed by atoms with Gasteiger partial charge >= 0.3 is 29.6 Å². The van der Waals surface area contributed by atoms with Crippen molar-refractivity contribution in [3.8, 4) is 0 Å². The maximum Gasteiger partial charge on any atom is 1.00 e. The van der Waals surface area contributed by atoms with E-state index in [0.29, 0.717) is 0 Å². The van der Waals surface area contributed by atoms with Crippen LogP contribution in [-0.4, -0.2) is 12.5 Å². The molecule has 0 aromatic heterocycles. The molecular formula is C2H4NNaO2. The van der Waals surface area contributed by atoms with Crippen LogP contribution >= 0.6 is 0 Å². The first-order chi connectivity index (χ1) is 2.27. The van der Waals surface area contributed by atoms with E-state index in [4.69, 9.17) is 5.11 Å². The first-order valence-corrected chi connectivity index (χ1v) is 1.14. The van der Waals surface area contributed by atoms with Crippen LogP contribution in [0.2, 0.25) is 0 Å². The Morgan fingerprint density at radius 1 is 1.83 bits per heavy atom. The fraction of sp³-hybridized carbons (Fsp3) is 0.500. The number of carbonyl (C=O) groups is 1. The molecule has 2 N–H and O–H groups in total. The van der Waals surface area contributed by atoms with Crippen molar-refractivity contribution in [3.63, 3.8) is 0 Å². The number of hydrogen-bond acceptors (Lipinski definition) is 2. The summed E-state index contributed by atoms with van der Waals surface area (Å²) in [7, 11) is 0. The van der Waals surface area contributed by atoms with Crippen LogP contribution in [0, 0.1) is 0 Å². The van der Waals surface area contributed by atoms with Crippen molar-refractivity contribution in [2.75, 3.05) is 6.61 Å². The van der Waals surface area contributed by atoms with Crippen LogP contribution in [0.5, 0.6) is 0 Å². The van der Waals surface area contributed by atoms with Gasteiger partial charge in [-0.1, -0.05) is 6.61 Å². The molecule has 1 amide bonds. The van der Waals surface area contributed by atoms with E-state index in [1.54, 1.807) is 0 Å². The van der Waals surface area contributed by atoms with E-state index in [1.165, 1.54) is 0 Å². The Morgan fingerprint density at radius 2 is 2.00 bits per heavy atom. The van der Waals surface area contributed by atoms with Gasteiger partial charge in [0.1, 0.15) is 0 Å². The van der Waals surface area contributed by atoms with Crippen molar-refractivity contribution in [2.45, 2.75) is 0 Å². The Hall–Kier alpha value is 0.430. The molecule has 0 heterocycles. The molecular weight excluding hydrogens is 93.0 g/mol. The van der Waals surface area contributed by atoms with Gasteiger partial charge in [-0.2, -0.15) is 0 Å². The molecule has 0 aliphatic rings. The van der Waals surface area contributed by atoms with Gasteiger partial charge in [0.25, 0.3) is 0 Å². The zero-order valence-electron chi connectivity index (χ0n) is 3.60.